The minimum absolute atomic E-state index is 0.0919. The van der Waals surface area contributed by atoms with E-state index in [9.17, 15) is 14.4 Å². The van der Waals surface area contributed by atoms with Crippen LogP contribution in [0.1, 0.15) is 59.3 Å². The quantitative estimate of drug-likeness (QED) is 0.540. The van der Waals surface area contributed by atoms with Crippen LogP contribution in [0.15, 0.2) is 0 Å². The molecule has 0 N–H and O–H groups in total. The maximum Gasteiger partial charge on any atom is 0.302 e. The van der Waals surface area contributed by atoms with Gasteiger partial charge in [0.1, 0.15) is 0 Å². The highest BCUT2D eigenvalue weighted by molar-refractivity contribution is 5.66. The average Bonchev–Trinajstić information content (AvgIpc) is 2.48. The van der Waals surface area contributed by atoms with Crippen LogP contribution in [0, 0.1) is 22.2 Å². The first-order chi connectivity index (χ1) is 11.7. The van der Waals surface area contributed by atoms with Crippen LogP contribution in [0.5, 0.6) is 0 Å². The molecule has 4 saturated carbocycles. The summed E-state index contributed by atoms with van der Waals surface area (Å²) in [7, 11) is 0. The molecule has 0 spiro atoms. The fourth-order valence-electron chi connectivity index (χ4n) is 6.31. The summed E-state index contributed by atoms with van der Waals surface area (Å²) in [5.74, 6) is -0.297. The van der Waals surface area contributed by atoms with Crippen molar-refractivity contribution in [2.75, 3.05) is 19.8 Å². The molecule has 4 aliphatic carbocycles. The van der Waals surface area contributed by atoms with Crippen LogP contribution in [-0.4, -0.2) is 37.7 Å². The van der Waals surface area contributed by atoms with E-state index in [-0.39, 0.29) is 34.2 Å². The van der Waals surface area contributed by atoms with Gasteiger partial charge in [-0.25, -0.2) is 0 Å². The topological polar surface area (TPSA) is 78.9 Å². The minimum atomic E-state index is -0.265. The lowest BCUT2D eigenvalue weighted by Gasteiger charge is -2.66. The zero-order chi connectivity index (χ0) is 18.3. The second-order valence-electron chi connectivity index (χ2n) is 8.85. The number of hydrogen-bond donors (Lipinski definition) is 0. The van der Waals surface area contributed by atoms with Gasteiger partial charge in [-0.2, -0.15) is 0 Å². The van der Waals surface area contributed by atoms with Gasteiger partial charge in [0.05, 0.1) is 19.8 Å². The van der Waals surface area contributed by atoms with Crippen molar-refractivity contribution in [3.8, 4) is 0 Å². The van der Waals surface area contributed by atoms with E-state index in [2.05, 4.69) is 0 Å². The summed E-state index contributed by atoms with van der Waals surface area (Å²) in [6, 6.07) is 0. The van der Waals surface area contributed by atoms with Crippen LogP contribution in [0.3, 0.4) is 0 Å². The summed E-state index contributed by atoms with van der Waals surface area (Å²) in [6.45, 7) is 5.52. The van der Waals surface area contributed by atoms with Gasteiger partial charge in [-0.15, -0.1) is 0 Å². The highest BCUT2D eigenvalue weighted by Crippen LogP contribution is 2.69. The Hall–Kier alpha value is -1.59. The molecule has 6 nitrogen and oxygen atoms in total. The van der Waals surface area contributed by atoms with Gasteiger partial charge in [-0.1, -0.05) is 0 Å². The lowest BCUT2D eigenvalue weighted by molar-refractivity contribution is -0.211. The van der Waals surface area contributed by atoms with Crippen molar-refractivity contribution in [1.82, 2.24) is 0 Å². The maximum absolute atomic E-state index is 11.4. The number of rotatable bonds is 6. The fourth-order valence-corrected chi connectivity index (χ4v) is 6.31. The lowest BCUT2D eigenvalue weighted by atomic mass is 9.40. The third-order valence-corrected chi connectivity index (χ3v) is 6.16. The Morgan fingerprint density at radius 2 is 0.960 bits per heavy atom. The first-order valence-corrected chi connectivity index (χ1v) is 9.06. The summed E-state index contributed by atoms with van der Waals surface area (Å²) in [5, 5.41) is 0. The van der Waals surface area contributed by atoms with Gasteiger partial charge < -0.3 is 14.2 Å². The third-order valence-electron chi connectivity index (χ3n) is 6.16. The highest BCUT2D eigenvalue weighted by atomic mass is 16.5. The maximum atomic E-state index is 11.4. The van der Waals surface area contributed by atoms with E-state index >= 15 is 0 Å². The molecular formula is C19H28O6. The second-order valence-corrected chi connectivity index (χ2v) is 8.85. The lowest BCUT2D eigenvalue weighted by Crippen LogP contribution is -2.60. The Morgan fingerprint density at radius 1 is 0.680 bits per heavy atom. The SMILES string of the molecule is CC(=O)OCC12CC3CC(COC(C)=O)(C1)CC(COC(C)=O)(C3)C2. The number of esters is 3. The van der Waals surface area contributed by atoms with Crippen LogP contribution in [0.2, 0.25) is 0 Å². The molecule has 0 aromatic rings. The van der Waals surface area contributed by atoms with Gasteiger partial charge in [-0.05, 0) is 44.4 Å². The molecule has 0 amide bonds. The first-order valence-electron chi connectivity index (χ1n) is 9.06. The van der Waals surface area contributed by atoms with Gasteiger partial charge in [0.25, 0.3) is 0 Å². The van der Waals surface area contributed by atoms with Crippen molar-refractivity contribution in [3.63, 3.8) is 0 Å². The molecule has 0 atom stereocenters. The zero-order valence-electron chi connectivity index (χ0n) is 15.4. The van der Waals surface area contributed by atoms with Gasteiger partial charge >= 0.3 is 17.9 Å². The number of carbonyl (C=O) groups excluding carboxylic acids is 3. The van der Waals surface area contributed by atoms with Gasteiger partial charge in [-0.3, -0.25) is 14.4 Å². The van der Waals surface area contributed by atoms with Crippen LogP contribution in [0.4, 0.5) is 0 Å². The van der Waals surface area contributed by atoms with E-state index in [1.54, 1.807) is 0 Å². The summed E-state index contributed by atoms with van der Waals surface area (Å²) in [4.78, 5) is 34.1. The Kier molecular flexibility index (Phi) is 4.58. The Labute approximate surface area is 148 Å². The predicted octanol–water partition coefficient (Wildman–Crippen LogP) is 2.63. The van der Waals surface area contributed by atoms with E-state index in [1.165, 1.54) is 20.8 Å². The highest BCUT2D eigenvalue weighted by Gasteiger charge is 2.64. The van der Waals surface area contributed by atoms with Crippen molar-refractivity contribution in [3.05, 3.63) is 0 Å². The molecule has 4 bridgehead atoms. The molecule has 140 valence electrons. The molecule has 0 aliphatic heterocycles. The van der Waals surface area contributed by atoms with Gasteiger partial charge in [0.2, 0.25) is 0 Å². The molecule has 0 radical (unpaired) electrons. The largest absolute Gasteiger partial charge is 0.465 e. The molecule has 0 aromatic carbocycles. The second kappa shape index (κ2) is 6.29. The van der Waals surface area contributed by atoms with Crippen molar-refractivity contribution in [2.24, 2.45) is 22.2 Å². The van der Waals surface area contributed by atoms with Crippen LogP contribution >= 0.6 is 0 Å². The summed E-state index contributed by atoms with van der Waals surface area (Å²) < 4.78 is 16.2. The average molecular weight is 352 g/mol. The van der Waals surface area contributed by atoms with E-state index in [1.807, 2.05) is 0 Å². The first kappa shape index (κ1) is 18.2. The summed E-state index contributed by atoms with van der Waals surface area (Å²) in [6.07, 6.45) is 5.80. The fraction of sp³-hybridized carbons (Fsp3) is 0.842. The molecule has 4 rings (SSSR count). The van der Waals surface area contributed by atoms with Crippen molar-refractivity contribution < 1.29 is 28.6 Å². The molecule has 6 heteroatoms. The Balaban J connectivity index is 1.85. The molecule has 0 heterocycles. The van der Waals surface area contributed by atoms with Crippen molar-refractivity contribution in [2.45, 2.75) is 59.3 Å². The summed E-state index contributed by atoms with van der Waals surface area (Å²) in [5.41, 5.74) is -0.276. The minimum Gasteiger partial charge on any atom is -0.465 e. The third kappa shape index (κ3) is 3.82. The van der Waals surface area contributed by atoms with E-state index in [4.69, 9.17) is 14.2 Å². The van der Waals surface area contributed by atoms with Crippen molar-refractivity contribution >= 4 is 17.9 Å². The Morgan fingerprint density at radius 3 is 1.20 bits per heavy atom. The molecule has 25 heavy (non-hydrogen) atoms. The van der Waals surface area contributed by atoms with Crippen LogP contribution in [-0.2, 0) is 28.6 Å². The standard InChI is InChI=1S/C19H28O6/c1-13(20)23-10-17-4-16-5-18(7-17,11-24-14(2)21)9-19(6-16,8-17)12-25-15(3)22/h16H,4-12H2,1-3H3. The zero-order valence-corrected chi connectivity index (χ0v) is 15.4. The molecule has 4 aliphatic rings. The molecule has 4 fully saturated rings. The van der Waals surface area contributed by atoms with Crippen LogP contribution < -0.4 is 0 Å². The molecule has 0 unspecified atom stereocenters. The van der Waals surface area contributed by atoms with Crippen molar-refractivity contribution in [1.29, 1.82) is 0 Å². The van der Waals surface area contributed by atoms with E-state index in [0.29, 0.717) is 25.7 Å². The molecule has 0 aromatic heterocycles. The van der Waals surface area contributed by atoms with E-state index in [0.717, 1.165) is 38.5 Å². The number of carbonyl (C=O) groups is 3. The Bertz CT molecular complexity index is 494. The molecule has 0 saturated heterocycles. The number of ether oxygens (including phenoxy) is 3. The normalized spacial score (nSPS) is 38.3. The predicted molar refractivity (Wildman–Crippen MR) is 88.4 cm³/mol. The summed E-state index contributed by atoms with van der Waals surface area (Å²) >= 11 is 0. The van der Waals surface area contributed by atoms with Crippen LogP contribution in [0.25, 0.3) is 0 Å². The monoisotopic (exact) mass is 352 g/mol. The molecular weight excluding hydrogens is 324 g/mol. The van der Waals surface area contributed by atoms with E-state index < -0.39 is 0 Å². The van der Waals surface area contributed by atoms with Gasteiger partial charge in [0, 0.05) is 37.0 Å². The van der Waals surface area contributed by atoms with Gasteiger partial charge in [0.15, 0.2) is 0 Å². The number of hydrogen-bond acceptors (Lipinski definition) is 6. The smallest absolute Gasteiger partial charge is 0.302 e.